The molecule has 1 aliphatic heterocycles. The molecule has 1 aromatic rings. The predicted molar refractivity (Wildman–Crippen MR) is 96.6 cm³/mol. The summed E-state index contributed by atoms with van der Waals surface area (Å²) in [5, 5.41) is 3.38. The Hall–Kier alpha value is -0.820. The molecule has 2 heterocycles. The molecule has 0 saturated carbocycles. The van der Waals surface area contributed by atoms with Crippen LogP contribution in [0.15, 0.2) is 17.1 Å². The maximum atomic E-state index is 5.97. The Morgan fingerprint density at radius 2 is 2.26 bits per heavy atom. The first kappa shape index (κ1) is 18.5. The Morgan fingerprint density at radius 3 is 2.91 bits per heavy atom. The van der Waals surface area contributed by atoms with Crippen molar-refractivity contribution in [2.24, 2.45) is 4.99 Å². The lowest BCUT2D eigenvalue weighted by molar-refractivity contribution is -0.0320. The van der Waals surface area contributed by atoms with Gasteiger partial charge in [-0.25, -0.2) is 0 Å². The number of rotatable bonds is 7. The van der Waals surface area contributed by atoms with E-state index in [0.717, 1.165) is 62.5 Å². The molecule has 0 spiro atoms. The van der Waals surface area contributed by atoms with Crippen molar-refractivity contribution in [1.29, 1.82) is 0 Å². The largest absolute Gasteiger partial charge is 0.381 e. The maximum absolute atomic E-state index is 5.97. The number of hydrogen-bond acceptors (Lipinski definition) is 4. The van der Waals surface area contributed by atoms with Crippen molar-refractivity contribution in [3.8, 4) is 0 Å². The van der Waals surface area contributed by atoms with E-state index >= 15 is 0 Å². The molecule has 0 unspecified atom stereocenters. The molecule has 1 aromatic heterocycles. The molecule has 1 aliphatic rings. The van der Waals surface area contributed by atoms with Gasteiger partial charge in [0, 0.05) is 45.3 Å². The van der Waals surface area contributed by atoms with E-state index < -0.39 is 0 Å². The third kappa shape index (κ3) is 6.67. The van der Waals surface area contributed by atoms with Crippen LogP contribution in [0.2, 0.25) is 4.34 Å². The molecular formula is C16H26ClN3O2S. The molecule has 0 radical (unpaired) electrons. The highest BCUT2D eigenvalue weighted by Crippen LogP contribution is 2.22. The molecule has 130 valence electrons. The zero-order valence-corrected chi connectivity index (χ0v) is 15.5. The van der Waals surface area contributed by atoms with Crippen molar-refractivity contribution in [1.82, 2.24) is 10.2 Å². The Labute approximate surface area is 147 Å². The first-order chi connectivity index (χ1) is 11.2. The van der Waals surface area contributed by atoms with Gasteiger partial charge in [-0.2, -0.15) is 0 Å². The van der Waals surface area contributed by atoms with E-state index in [1.165, 1.54) is 4.88 Å². The molecule has 0 bridgehead atoms. The van der Waals surface area contributed by atoms with Crippen molar-refractivity contribution in [2.75, 3.05) is 40.5 Å². The average Bonchev–Trinajstić information content (AvgIpc) is 2.96. The molecule has 1 N–H and O–H groups in total. The Balaban J connectivity index is 1.62. The van der Waals surface area contributed by atoms with E-state index in [-0.39, 0.29) is 0 Å². The molecule has 0 amide bonds. The third-order valence-corrected chi connectivity index (χ3v) is 4.94. The van der Waals surface area contributed by atoms with Gasteiger partial charge >= 0.3 is 0 Å². The van der Waals surface area contributed by atoms with Crippen LogP contribution < -0.4 is 5.32 Å². The third-order valence-electron chi connectivity index (χ3n) is 3.72. The second-order valence-corrected chi connectivity index (χ2v) is 7.37. The fourth-order valence-corrected chi connectivity index (χ4v) is 3.64. The highest BCUT2D eigenvalue weighted by atomic mass is 35.5. The Bertz CT molecular complexity index is 489. The molecular weight excluding hydrogens is 334 g/mol. The van der Waals surface area contributed by atoms with Gasteiger partial charge in [-0.05, 0) is 31.4 Å². The number of ether oxygens (including phenoxy) is 2. The summed E-state index contributed by atoms with van der Waals surface area (Å²) < 4.78 is 12.0. The van der Waals surface area contributed by atoms with E-state index in [1.807, 2.05) is 13.1 Å². The van der Waals surface area contributed by atoms with E-state index in [1.54, 1.807) is 18.4 Å². The van der Waals surface area contributed by atoms with Crippen LogP contribution in [-0.4, -0.2) is 57.4 Å². The number of aliphatic imine (C=N–C) groups is 1. The predicted octanol–water partition coefficient (Wildman–Crippen LogP) is 2.99. The zero-order chi connectivity index (χ0) is 16.5. The number of thiophene rings is 1. The molecule has 2 rings (SSSR count). The highest BCUT2D eigenvalue weighted by Gasteiger charge is 2.13. The fourth-order valence-electron chi connectivity index (χ4n) is 2.50. The van der Waals surface area contributed by atoms with Crippen molar-refractivity contribution in [3.05, 3.63) is 21.3 Å². The van der Waals surface area contributed by atoms with Crippen LogP contribution in [0.5, 0.6) is 0 Å². The van der Waals surface area contributed by atoms with Gasteiger partial charge in [-0.1, -0.05) is 11.6 Å². The Morgan fingerprint density at radius 1 is 1.48 bits per heavy atom. The molecule has 23 heavy (non-hydrogen) atoms. The molecule has 0 aliphatic carbocycles. The summed E-state index contributed by atoms with van der Waals surface area (Å²) in [6.07, 6.45) is 3.37. The fraction of sp³-hybridized carbons (Fsp3) is 0.688. The van der Waals surface area contributed by atoms with E-state index in [0.29, 0.717) is 6.10 Å². The molecule has 7 heteroatoms. The maximum Gasteiger partial charge on any atom is 0.193 e. The highest BCUT2D eigenvalue weighted by molar-refractivity contribution is 7.16. The molecule has 1 saturated heterocycles. The van der Waals surface area contributed by atoms with Gasteiger partial charge in [-0.3, -0.25) is 4.99 Å². The van der Waals surface area contributed by atoms with Gasteiger partial charge in [0.15, 0.2) is 5.96 Å². The van der Waals surface area contributed by atoms with E-state index in [4.69, 9.17) is 21.1 Å². The van der Waals surface area contributed by atoms with Gasteiger partial charge < -0.3 is 19.7 Å². The molecule has 0 atom stereocenters. The average molecular weight is 360 g/mol. The van der Waals surface area contributed by atoms with Gasteiger partial charge in [-0.15, -0.1) is 11.3 Å². The number of guanidine groups is 1. The minimum Gasteiger partial charge on any atom is -0.381 e. The molecule has 1 fully saturated rings. The smallest absolute Gasteiger partial charge is 0.193 e. The van der Waals surface area contributed by atoms with Crippen LogP contribution in [0, 0.1) is 0 Å². The second kappa shape index (κ2) is 10.1. The van der Waals surface area contributed by atoms with Gasteiger partial charge in [0.05, 0.1) is 17.0 Å². The SMILES string of the molecule is CN=C(NCCCOC1CCOCC1)N(C)Cc1ccc(Cl)s1. The van der Waals surface area contributed by atoms with Crippen LogP contribution in [-0.2, 0) is 16.0 Å². The van der Waals surface area contributed by atoms with Crippen LogP contribution in [0.4, 0.5) is 0 Å². The number of nitrogens with zero attached hydrogens (tertiary/aromatic N) is 2. The normalized spacial score (nSPS) is 16.6. The molecule has 0 aromatic carbocycles. The van der Waals surface area contributed by atoms with Gasteiger partial charge in [0.1, 0.15) is 0 Å². The lowest BCUT2D eigenvalue weighted by Crippen LogP contribution is -2.39. The lowest BCUT2D eigenvalue weighted by atomic mass is 10.1. The van der Waals surface area contributed by atoms with Gasteiger partial charge in [0.25, 0.3) is 0 Å². The summed E-state index contributed by atoms with van der Waals surface area (Å²) >= 11 is 7.57. The van der Waals surface area contributed by atoms with Crippen LogP contribution >= 0.6 is 22.9 Å². The quantitative estimate of drug-likeness (QED) is 0.462. The minimum absolute atomic E-state index is 0.370. The summed E-state index contributed by atoms with van der Waals surface area (Å²) in [4.78, 5) is 7.65. The van der Waals surface area contributed by atoms with E-state index in [9.17, 15) is 0 Å². The van der Waals surface area contributed by atoms with Gasteiger partial charge in [0.2, 0.25) is 0 Å². The summed E-state index contributed by atoms with van der Waals surface area (Å²) in [5.74, 6) is 0.889. The van der Waals surface area contributed by atoms with Crippen LogP contribution in [0.25, 0.3) is 0 Å². The zero-order valence-electron chi connectivity index (χ0n) is 13.9. The van der Waals surface area contributed by atoms with Crippen molar-refractivity contribution in [2.45, 2.75) is 31.9 Å². The standard InChI is InChI=1S/C16H26ClN3O2S/c1-18-16(20(2)12-14-4-5-15(17)23-14)19-8-3-9-22-13-6-10-21-11-7-13/h4-5,13H,3,6-12H2,1-2H3,(H,18,19). The second-order valence-electron chi connectivity index (χ2n) is 5.57. The van der Waals surface area contributed by atoms with Crippen molar-refractivity contribution < 1.29 is 9.47 Å². The summed E-state index contributed by atoms with van der Waals surface area (Å²) in [6.45, 7) is 4.08. The number of halogens is 1. The van der Waals surface area contributed by atoms with Crippen molar-refractivity contribution >= 4 is 28.9 Å². The summed E-state index contributed by atoms with van der Waals surface area (Å²) in [7, 11) is 3.83. The lowest BCUT2D eigenvalue weighted by Gasteiger charge is -2.23. The van der Waals surface area contributed by atoms with Crippen LogP contribution in [0.3, 0.4) is 0 Å². The summed E-state index contributed by atoms with van der Waals surface area (Å²) in [6, 6.07) is 3.98. The first-order valence-corrected chi connectivity index (χ1v) is 9.24. The first-order valence-electron chi connectivity index (χ1n) is 8.04. The molecule has 5 nitrogen and oxygen atoms in total. The van der Waals surface area contributed by atoms with Crippen molar-refractivity contribution in [3.63, 3.8) is 0 Å². The number of hydrogen-bond donors (Lipinski definition) is 1. The Kier molecular flexibility index (Phi) is 8.16. The van der Waals surface area contributed by atoms with Crippen LogP contribution in [0.1, 0.15) is 24.1 Å². The minimum atomic E-state index is 0.370. The topological polar surface area (TPSA) is 46.1 Å². The van der Waals surface area contributed by atoms with E-state index in [2.05, 4.69) is 21.3 Å². The number of nitrogens with one attached hydrogen (secondary N) is 1. The summed E-state index contributed by atoms with van der Waals surface area (Å²) in [5.41, 5.74) is 0. The monoisotopic (exact) mass is 359 g/mol.